The molecular formula is C23H22N4O4. The van der Waals surface area contributed by atoms with Crippen LogP contribution in [0.25, 0.3) is 0 Å². The Labute approximate surface area is 179 Å². The summed E-state index contributed by atoms with van der Waals surface area (Å²) in [6, 6.07) is 20.5. The van der Waals surface area contributed by atoms with E-state index in [1.807, 2.05) is 31.2 Å². The molecule has 8 heteroatoms. The third-order valence-corrected chi connectivity index (χ3v) is 4.53. The molecule has 2 amide bonds. The van der Waals surface area contributed by atoms with Crippen molar-refractivity contribution in [2.24, 2.45) is 0 Å². The lowest BCUT2D eigenvalue weighted by Crippen LogP contribution is -2.26. The highest BCUT2D eigenvalue weighted by Crippen LogP contribution is 2.18. The van der Waals surface area contributed by atoms with Crippen molar-refractivity contribution in [3.05, 3.63) is 99.6 Å². The van der Waals surface area contributed by atoms with E-state index in [1.54, 1.807) is 30.3 Å². The van der Waals surface area contributed by atoms with Crippen LogP contribution in [0.3, 0.4) is 0 Å². The molecule has 31 heavy (non-hydrogen) atoms. The molecule has 0 atom stereocenters. The monoisotopic (exact) mass is 418 g/mol. The van der Waals surface area contributed by atoms with Gasteiger partial charge in [0.1, 0.15) is 0 Å². The van der Waals surface area contributed by atoms with Crippen LogP contribution in [0, 0.1) is 17.0 Å². The number of rotatable bonds is 8. The zero-order valence-electron chi connectivity index (χ0n) is 16.9. The second-order valence-corrected chi connectivity index (χ2v) is 6.92. The number of amides is 2. The molecule has 158 valence electrons. The summed E-state index contributed by atoms with van der Waals surface area (Å²) in [5, 5.41) is 19.3. The molecule has 0 aliphatic carbocycles. The molecule has 0 spiro atoms. The number of para-hydroxylation sites is 1. The first-order valence-electron chi connectivity index (χ1n) is 9.63. The average molecular weight is 418 g/mol. The highest BCUT2D eigenvalue weighted by molar-refractivity contribution is 6.04. The van der Waals surface area contributed by atoms with Crippen LogP contribution in [0.5, 0.6) is 0 Å². The molecule has 3 N–H and O–H groups in total. The maximum atomic E-state index is 12.6. The molecule has 0 heterocycles. The normalized spacial score (nSPS) is 10.2. The Balaban J connectivity index is 1.59. The Hall–Kier alpha value is -4.20. The van der Waals surface area contributed by atoms with Crippen LogP contribution in [0.15, 0.2) is 72.8 Å². The van der Waals surface area contributed by atoms with Crippen molar-refractivity contribution in [1.29, 1.82) is 0 Å². The number of nitrogens with zero attached hydrogens (tertiary/aromatic N) is 1. The Morgan fingerprint density at radius 1 is 0.968 bits per heavy atom. The van der Waals surface area contributed by atoms with Gasteiger partial charge in [0, 0.05) is 24.4 Å². The maximum absolute atomic E-state index is 12.6. The molecule has 0 aromatic heterocycles. The first-order valence-corrected chi connectivity index (χ1v) is 9.63. The van der Waals surface area contributed by atoms with E-state index in [9.17, 15) is 19.7 Å². The molecule has 0 radical (unpaired) electrons. The van der Waals surface area contributed by atoms with Gasteiger partial charge in [0.15, 0.2) is 0 Å². The van der Waals surface area contributed by atoms with Gasteiger partial charge in [-0.3, -0.25) is 19.7 Å². The number of anilines is 2. The van der Waals surface area contributed by atoms with Crippen molar-refractivity contribution in [2.45, 2.75) is 13.5 Å². The largest absolute Gasteiger partial charge is 0.376 e. The predicted octanol–water partition coefficient (Wildman–Crippen LogP) is 3.88. The number of nitrogens with one attached hydrogen (secondary N) is 3. The van der Waals surface area contributed by atoms with Gasteiger partial charge in [0.25, 0.3) is 11.6 Å². The highest BCUT2D eigenvalue weighted by Gasteiger charge is 2.13. The zero-order chi connectivity index (χ0) is 22.2. The number of hydrogen-bond acceptors (Lipinski definition) is 5. The van der Waals surface area contributed by atoms with Gasteiger partial charge in [-0.1, -0.05) is 48.0 Å². The molecule has 0 aliphatic heterocycles. The quantitative estimate of drug-likeness (QED) is 0.379. The Morgan fingerprint density at radius 2 is 1.71 bits per heavy atom. The summed E-state index contributed by atoms with van der Waals surface area (Å²) in [7, 11) is 0. The number of benzene rings is 3. The lowest BCUT2D eigenvalue weighted by atomic mass is 10.1. The minimum absolute atomic E-state index is 0.0685. The minimum atomic E-state index is -0.503. The molecular weight excluding hydrogens is 396 g/mol. The van der Waals surface area contributed by atoms with Crippen molar-refractivity contribution in [3.8, 4) is 0 Å². The van der Waals surface area contributed by atoms with Gasteiger partial charge in [0.2, 0.25) is 5.91 Å². The van der Waals surface area contributed by atoms with Gasteiger partial charge in [-0.15, -0.1) is 0 Å². The molecule has 0 fully saturated rings. The van der Waals surface area contributed by atoms with Crippen LogP contribution in [-0.4, -0.2) is 23.3 Å². The van der Waals surface area contributed by atoms with Gasteiger partial charge in [-0.25, -0.2) is 0 Å². The van der Waals surface area contributed by atoms with Crippen molar-refractivity contribution in [3.63, 3.8) is 0 Å². The summed E-state index contributed by atoms with van der Waals surface area (Å²) in [5.41, 5.74) is 3.23. The zero-order valence-corrected chi connectivity index (χ0v) is 16.9. The minimum Gasteiger partial charge on any atom is -0.376 e. The second kappa shape index (κ2) is 10.0. The summed E-state index contributed by atoms with van der Waals surface area (Å²) in [4.78, 5) is 35.3. The standard InChI is InChI=1S/C23H22N4O4/c1-16-9-11-17(12-10-16)14-25-23(29)20-7-2-3-8-21(20)26-22(28)15-24-18-5-4-6-19(13-18)27(30)31/h2-13,24H,14-15H2,1H3,(H,25,29)(H,26,28). The average Bonchev–Trinajstić information content (AvgIpc) is 2.77. The van der Waals surface area contributed by atoms with Crippen LogP contribution in [0.1, 0.15) is 21.5 Å². The SMILES string of the molecule is Cc1ccc(CNC(=O)c2ccccc2NC(=O)CNc2cccc([N+](=O)[O-])c2)cc1. The van der Waals surface area contributed by atoms with Crippen molar-refractivity contribution < 1.29 is 14.5 Å². The second-order valence-electron chi connectivity index (χ2n) is 6.92. The summed E-state index contributed by atoms with van der Waals surface area (Å²) in [6.45, 7) is 2.26. The fraction of sp³-hybridized carbons (Fsp3) is 0.130. The third-order valence-electron chi connectivity index (χ3n) is 4.53. The van der Waals surface area contributed by atoms with Gasteiger partial charge in [-0.05, 0) is 30.7 Å². The van der Waals surface area contributed by atoms with E-state index in [4.69, 9.17) is 0 Å². The van der Waals surface area contributed by atoms with Crippen LogP contribution < -0.4 is 16.0 Å². The summed E-state index contributed by atoms with van der Waals surface area (Å²) in [5.74, 6) is -0.687. The number of non-ortho nitro benzene ring substituents is 1. The number of carbonyl (C=O) groups excluding carboxylic acids is 2. The Morgan fingerprint density at radius 3 is 2.45 bits per heavy atom. The maximum Gasteiger partial charge on any atom is 0.271 e. The third kappa shape index (κ3) is 6.14. The molecule has 0 aliphatic rings. The summed E-state index contributed by atoms with van der Waals surface area (Å²) >= 11 is 0. The van der Waals surface area contributed by atoms with E-state index >= 15 is 0 Å². The molecule has 8 nitrogen and oxygen atoms in total. The highest BCUT2D eigenvalue weighted by atomic mass is 16.6. The predicted molar refractivity (Wildman–Crippen MR) is 119 cm³/mol. The lowest BCUT2D eigenvalue weighted by Gasteiger charge is -2.12. The topological polar surface area (TPSA) is 113 Å². The van der Waals surface area contributed by atoms with E-state index in [2.05, 4.69) is 16.0 Å². The molecule has 0 saturated carbocycles. The van der Waals surface area contributed by atoms with Crippen LogP contribution >= 0.6 is 0 Å². The lowest BCUT2D eigenvalue weighted by molar-refractivity contribution is -0.384. The van der Waals surface area contributed by atoms with E-state index in [0.717, 1.165) is 11.1 Å². The van der Waals surface area contributed by atoms with Gasteiger partial charge >= 0.3 is 0 Å². The molecule has 3 aromatic carbocycles. The molecule has 0 saturated heterocycles. The number of hydrogen-bond donors (Lipinski definition) is 3. The molecule has 3 rings (SSSR count). The molecule has 3 aromatic rings. The van der Waals surface area contributed by atoms with E-state index < -0.39 is 4.92 Å². The fourth-order valence-corrected chi connectivity index (χ4v) is 2.88. The fourth-order valence-electron chi connectivity index (χ4n) is 2.88. The number of nitro benzene ring substituents is 1. The smallest absolute Gasteiger partial charge is 0.271 e. The summed E-state index contributed by atoms with van der Waals surface area (Å²) in [6.07, 6.45) is 0. The van der Waals surface area contributed by atoms with Gasteiger partial charge in [-0.2, -0.15) is 0 Å². The number of aryl methyl sites for hydroxylation is 1. The van der Waals surface area contributed by atoms with Crippen molar-refractivity contribution in [1.82, 2.24) is 5.32 Å². The summed E-state index contributed by atoms with van der Waals surface area (Å²) < 4.78 is 0. The van der Waals surface area contributed by atoms with Crippen LogP contribution in [-0.2, 0) is 11.3 Å². The number of carbonyl (C=O) groups is 2. The van der Waals surface area contributed by atoms with Crippen molar-refractivity contribution >= 4 is 28.9 Å². The Bertz CT molecular complexity index is 1100. The molecule has 0 unspecified atom stereocenters. The van der Waals surface area contributed by atoms with Gasteiger partial charge < -0.3 is 16.0 Å². The Kier molecular flexibility index (Phi) is 6.95. The first kappa shape index (κ1) is 21.5. The van der Waals surface area contributed by atoms with Crippen LogP contribution in [0.2, 0.25) is 0 Å². The van der Waals surface area contributed by atoms with E-state index in [0.29, 0.717) is 23.5 Å². The van der Waals surface area contributed by atoms with E-state index in [-0.39, 0.29) is 24.0 Å². The van der Waals surface area contributed by atoms with E-state index in [1.165, 1.54) is 18.2 Å². The van der Waals surface area contributed by atoms with Crippen molar-refractivity contribution in [2.75, 3.05) is 17.2 Å². The number of nitro groups is 1. The van der Waals surface area contributed by atoms with Crippen LogP contribution in [0.4, 0.5) is 17.1 Å². The first-order chi connectivity index (χ1) is 14.9. The molecule has 0 bridgehead atoms. The van der Waals surface area contributed by atoms with Gasteiger partial charge in [0.05, 0.1) is 22.7 Å².